The second kappa shape index (κ2) is 13.7. The molecule has 1 aliphatic heterocycles. The van der Waals surface area contributed by atoms with Gasteiger partial charge in [0.15, 0.2) is 5.82 Å². The van der Waals surface area contributed by atoms with Crippen molar-refractivity contribution in [3.05, 3.63) is 48.3 Å². The minimum Gasteiger partial charge on any atom is -0.462 e. The van der Waals surface area contributed by atoms with Gasteiger partial charge in [0.2, 0.25) is 5.95 Å². The van der Waals surface area contributed by atoms with E-state index in [4.69, 9.17) is 14.5 Å². The first-order valence-corrected chi connectivity index (χ1v) is 13.0. The van der Waals surface area contributed by atoms with Gasteiger partial charge in [0.05, 0.1) is 25.1 Å². The van der Waals surface area contributed by atoms with E-state index in [0.717, 1.165) is 76.3 Å². The number of unbranched alkanes of at least 4 members (excludes halogenated alkanes) is 1. The Morgan fingerprint density at radius 1 is 1.03 bits per heavy atom. The lowest BCUT2D eigenvalue weighted by Crippen LogP contribution is -2.38. The maximum atomic E-state index is 5.98. The third-order valence-corrected chi connectivity index (χ3v) is 6.04. The topological polar surface area (TPSA) is 88.0 Å². The van der Waals surface area contributed by atoms with Gasteiger partial charge in [-0.15, -0.1) is 0 Å². The van der Waals surface area contributed by atoms with Gasteiger partial charge < -0.3 is 14.4 Å². The van der Waals surface area contributed by atoms with Crippen LogP contribution in [0.25, 0.3) is 10.8 Å². The molecule has 0 aliphatic carbocycles. The SMILES string of the molecule is CCCCN(CCC)c1nc(/C=N/Nc2ccc3ccccc3c2)nc(OCCN2CCOCC2)n1. The molecule has 0 spiro atoms. The molecule has 0 bridgehead atoms. The smallest absolute Gasteiger partial charge is 0.321 e. The lowest BCUT2D eigenvalue weighted by atomic mass is 10.1. The van der Waals surface area contributed by atoms with Crippen LogP contribution in [0.2, 0.25) is 0 Å². The summed E-state index contributed by atoms with van der Waals surface area (Å²) >= 11 is 0. The first kappa shape index (κ1) is 25.8. The Hall–Kier alpha value is -3.30. The van der Waals surface area contributed by atoms with Crippen LogP contribution in [-0.2, 0) is 4.74 Å². The van der Waals surface area contributed by atoms with E-state index in [1.807, 2.05) is 18.2 Å². The first-order valence-electron chi connectivity index (χ1n) is 13.0. The molecule has 1 saturated heterocycles. The second-order valence-electron chi connectivity index (χ2n) is 8.85. The van der Waals surface area contributed by atoms with Crippen molar-refractivity contribution in [3.8, 4) is 6.01 Å². The van der Waals surface area contributed by atoms with E-state index >= 15 is 0 Å². The van der Waals surface area contributed by atoms with Gasteiger partial charge in [0.1, 0.15) is 6.61 Å². The number of hydrogen-bond acceptors (Lipinski definition) is 9. The van der Waals surface area contributed by atoms with Crippen LogP contribution in [0.4, 0.5) is 11.6 Å². The molecule has 0 unspecified atom stereocenters. The first-order chi connectivity index (χ1) is 17.7. The summed E-state index contributed by atoms with van der Waals surface area (Å²) in [5.74, 6) is 1.10. The van der Waals surface area contributed by atoms with Crippen molar-refractivity contribution in [2.45, 2.75) is 33.1 Å². The second-order valence-corrected chi connectivity index (χ2v) is 8.85. The van der Waals surface area contributed by atoms with Crippen molar-refractivity contribution in [3.63, 3.8) is 0 Å². The molecule has 9 nitrogen and oxygen atoms in total. The molecule has 1 aromatic heterocycles. The van der Waals surface area contributed by atoms with Crippen LogP contribution in [0.15, 0.2) is 47.6 Å². The monoisotopic (exact) mass is 491 g/mol. The van der Waals surface area contributed by atoms with Crippen LogP contribution in [0.1, 0.15) is 38.9 Å². The Morgan fingerprint density at radius 2 is 1.86 bits per heavy atom. The minimum atomic E-state index is 0.331. The molecule has 1 N–H and O–H groups in total. The molecule has 36 heavy (non-hydrogen) atoms. The number of anilines is 2. The highest BCUT2D eigenvalue weighted by Gasteiger charge is 2.15. The summed E-state index contributed by atoms with van der Waals surface area (Å²) in [6.07, 6.45) is 4.82. The van der Waals surface area contributed by atoms with Crippen molar-refractivity contribution < 1.29 is 9.47 Å². The lowest BCUT2D eigenvalue weighted by Gasteiger charge is -2.26. The number of nitrogens with one attached hydrogen (secondary N) is 1. The number of hydrogen-bond donors (Lipinski definition) is 1. The number of benzene rings is 2. The molecule has 1 fully saturated rings. The van der Waals surface area contributed by atoms with Crippen molar-refractivity contribution >= 4 is 28.6 Å². The lowest BCUT2D eigenvalue weighted by molar-refractivity contribution is 0.0317. The zero-order chi connectivity index (χ0) is 25.0. The van der Waals surface area contributed by atoms with Gasteiger partial charge in [-0.25, -0.2) is 0 Å². The molecule has 0 amide bonds. The van der Waals surface area contributed by atoms with E-state index in [-0.39, 0.29) is 0 Å². The summed E-state index contributed by atoms with van der Waals surface area (Å²) in [4.78, 5) is 18.4. The molecule has 0 atom stereocenters. The number of fused-ring (bicyclic) bond motifs is 1. The predicted octanol–water partition coefficient (Wildman–Crippen LogP) is 4.20. The summed E-state index contributed by atoms with van der Waals surface area (Å²) in [6.45, 7) is 10.8. The molecule has 192 valence electrons. The Bertz CT molecular complexity index is 1120. The fraction of sp³-hybridized carbons (Fsp3) is 0.481. The minimum absolute atomic E-state index is 0.331. The molecule has 4 rings (SSSR count). The standard InChI is InChI=1S/C27H37N7O2/c1-3-5-13-34(12-4-2)26-29-25(30-27(31-26)36-19-16-33-14-17-35-18-15-33)21-28-32-24-11-10-22-8-6-7-9-23(22)20-24/h6-11,20-21,32H,3-5,12-19H2,1-2H3/b28-21+. The van der Waals surface area contributed by atoms with Crippen LogP contribution in [0.5, 0.6) is 6.01 Å². The van der Waals surface area contributed by atoms with Gasteiger partial charge in [-0.2, -0.15) is 20.1 Å². The number of morpholine rings is 1. The Kier molecular flexibility index (Phi) is 9.81. The van der Waals surface area contributed by atoms with Crippen LogP contribution >= 0.6 is 0 Å². The quantitative estimate of drug-likeness (QED) is 0.281. The van der Waals surface area contributed by atoms with Gasteiger partial charge in [-0.05, 0) is 35.7 Å². The van der Waals surface area contributed by atoms with E-state index in [0.29, 0.717) is 24.4 Å². The number of nitrogens with zero attached hydrogens (tertiary/aromatic N) is 6. The van der Waals surface area contributed by atoms with Crippen molar-refractivity contribution in [2.24, 2.45) is 5.10 Å². The van der Waals surface area contributed by atoms with Crippen molar-refractivity contribution in [1.29, 1.82) is 0 Å². The van der Waals surface area contributed by atoms with Crippen LogP contribution < -0.4 is 15.1 Å². The van der Waals surface area contributed by atoms with E-state index in [2.05, 4.69) is 68.4 Å². The number of hydrazone groups is 1. The van der Waals surface area contributed by atoms with E-state index in [1.165, 1.54) is 5.39 Å². The highest BCUT2D eigenvalue weighted by molar-refractivity contribution is 5.86. The summed E-state index contributed by atoms with van der Waals surface area (Å²) in [5, 5.41) is 6.74. The molecule has 0 saturated carbocycles. The molecular weight excluding hydrogens is 454 g/mol. The Labute approximate surface area is 213 Å². The number of ether oxygens (including phenoxy) is 2. The average Bonchev–Trinajstić information content (AvgIpc) is 2.91. The summed E-state index contributed by atoms with van der Waals surface area (Å²) in [6, 6.07) is 14.7. The maximum absolute atomic E-state index is 5.98. The summed E-state index contributed by atoms with van der Waals surface area (Å²) < 4.78 is 11.4. The predicted molar refractivity (Wildman–Crippen MR) is 145 cm³/mol. The zero-order valence-electron chi connectivity index (χ0n) is 21.4. The highest BCUT2D eigenvalue weighted by atomic mass is 16.5. The highest BCUT2D eigenvalue weighted by Crippen LogP contribution is 2.19. The Balaban J connectivity index is 1.48. The number of rotatable bonds is 13. The average molecular weight is 492 g/mol. The summed E-state index contributed by atoms with van der Waals surface area (Å²) in [7, 11) is 0. The van der Waals surface area contributed by atoms with E-state index in [1.54, 1.807) is 6.21 Å². The zero-order valence-corrected chi connectivity index (χ0v) is 21.4. The molecule has 9 heteroatoms. The molecule has 2 heterocycles. The van der Waals surface area contributed by atoms with Gasteiger partial charge in [-0.3, -0.25) is 10.3 Å². The van der Waals surface area contributed by atoms with Gasteiger partial charge in [-0.1, -0.05) is 50.6 Å². The fourth-order valence-electron chi connectivity index (χ4n) is 4.07. The third kappa shape index (κ3) is 7.60. The molecule has 3 aromatic rings. The summed E-state index contributed by atoms with van der Waals surface area (Å²) in [5.41, 5.74) is 3.99. The van der Waals surface area contributed by atoms with Gasteiger partial charge in [0, 0.05) is 32.7 Å². The molecule has 1 aliphatic rings. The van der Waals surface area contributed by atoms with Crippen LogP contribution in [0, 0.1) is 0 Å². The largest absolute Gasteiger partial charge is 0.462 e. The Morgan fingerprint density at radius 3 is 2.67 bits per heavy atom. The van der Waals surface area contributed by atoms with Gasteiger partial charge >= 0.3 is 6.01 Å². The maximum Gasteiger partial charge on any atom is 0.321 e. The number of aromatic nitrogens is 3. The molecule has 0 radical (unpaired) electrons. The molecule has 2 aromatic carbocycles. The van der Waals surface area contributed by atoms with Crippen LogP contribution in [0.3, 0.4) is 0 Å². The normalized spacial score (nSPS) is 14.4. The third-order valence-electron chi connectivity index (χ3n) is 6.04. The van der Waals surface area contributed by atoms with Gasteiger partial charge in [0.25, 0.3) is 0 Å². The van der Waals surface area contributed by atoms with Crippen molar-refractivity contribution in [2.75, 3.05) is 62.9 Å². The van der Waals surface area contributed by atoms with Crippen molar-refractivity contribution in [1.82, 2.24) is 19.9 Å². The fourth-order valence-corrected chi connectivity index (χ4v) is 4.07. The van der Waals surface area contributed by atoms with E-state index < -0.39 is 0 Å². The van der Waals surface area contributed by atoms with Crippen LogP contribution in [-0.4, -0.2) is 78.6 Å². The molecular formula is C27H37N7O2. The van der Waals surface area contributed by atoms with E-state index in [9.17, 15) is 0 Å².